The van der Waals surface area contributed by atoms with E-state index < -0.39 is 5.41 Å². The third-order valence-corrected chi connectivity index (χ3v) is 5.96. The highest BCUT2D eigenvalue weighted by Gasteiger charge is 2.45. The largest absolute Gasteiger partial charge is 0.466 e. The highest BCUT2D eigenvalue weighted by Crippen LogP contribution is 2.36. The number of likely N-dealkylation sites (tertiary alicyclic amines) is 1. The van der Waals surface area contributed by atoms with Crippen molar-refractivity contribution in [2.24, 2.45) is 5.41 Å². The number of halogens is 1. The number of amides is 1. The summed E-state index contributed by atoms with van der Waals surface area (Å²) in [5, 5.41) is 0.623. The van der Waals surface area contributed by atoms with Crippen LogP contribution in [0.15, 0.2) is 54.9 Å². The number of piperidine rings is 1. The van der Waals surface area contributed by atoms with Gasteiger partial charge in [0.2, 0.25) is 0 Å². The van der Waals surface area contributed by atoms with Gasteiger partial charge in [-0.15, -0.1) is 0 Å². The lowest BCUT2D eigenvalue weighted by molar-refractivity contribution is -0.158. The lowest BCUT2D eigenvalue weighted by Crippen LogP contribution is -2.51. The molecular formula is C24H24ClN3O3. The maximum absolute atomic E-state index is 13.3. The van der Waals surface area contributed by atoms with Gasteiger partial charge < -0.3 is 9.64 Å². The van der Waals surface area contributed by atoms with Crippen molar-refractivity contribution in [1.29, 1.82) is 0 Å². The highest BCUT2D eigenvalue weighted by molar-refractivity contribution is 6.30. The number of ether oxygens (including phenoxy) is 1. The lowest BCUT2D eigenvalue weighted by Gasteiger charge is -2.41. The van der Waals surface area contributed by atoms with Crippen LogP contribution in [0.2, 0.25) is 5.02 Å². The number of rotatable bonds is 5. The molecule has 7 heteroatoms. The molecule has 0 aliphatic carbocycles. The molecular weight excluding hydrogens is 414 g/mol. The van der Waals surface area contributed by atoms with Gasteiger partial charge in [0.05, 0.1) is 23.1 Å². The molecule has 160 valence electrons. The van der Waals surface area contributed by atoms with Crippen molar-refractivity contribution in [3.63, 3.8) is 0 Å². The zero-order valence-electron chi connectivity index (χ0n) is 17.4. The molecule has 6 nitrogen and oxygen atoms in total. The third kappa shape index (κ3) is 4.54. The third-order valence-electron chi connectivity index (χ3n) is 5.72. The number of aromatic nitrogens is 2. The smallest absolute Gasteiger partial charge is 0.314 e. The number of fused-ring (bicyclic) bond motifs is 1. The van der Waals surface area contributed by atoms with E-state index in [2.05, 4.69) is 9.97 Å². The number of carbonyl (C=O) groups excluding carboxylic acids is 2. The molecule has 0 bridgehead atoms. The van der Waals surface area contributed by atoms with Crippen LogP contribution in [0.4, 0.5) is 0 Å². The normalized spacial score (nSPS) is 18.7. The minimum Gasteiger partial charge on any atom is -0.466 e. The van der Waals surface area contributed by atoms with E-state index in [0.29, 0.717) is 48.6 Å². The summed E-state index contributed by atoms with van der Waals surface area (Å²) in [6.45, 7) is 2.99. The Hall–Kier alpha value is -2.99. The van der Waals surface area contributed by atoms with Crippen LogP contribution in [-0.2, 0) is 16.0 Å². The molecule has 0 saturated carbocycles. The molecule has 1 amide bonds. The molecule has 0 N–H and O–H groups in total. The van der Waals surface area contributed by atoms with Gasteiger partial charge in [-0.3, -0.25) is 19.6 Å². The van der Waals surface area contributed by atoms with Gasteiger partial charge in [0, 0.05) is 36.1 Å². The number of hydrogen-bond donors (Lipinski definition) is 0. The van der Waals surface area contributed by atoms with Crippen molar-refractivity contribution in [2.45, 2.75) is 26.2 Å². The van der Waals surface area contributed by atoms with Gasteiger partial charge in [-0.1, -0.05) is 23.7 Å². The van der Waals surface area contributed by atoms with Crippen LogP contribution in [0.25, 0.3) is 11.0 Å². The van der Waals surface area contributed by atoms with Crippen LogP contribution in [0.5, 0.6) is 0 Å². The molecule has 2 aromatic carbocycles. The summed E-state index contributed by atoms with van der Waals surface area (Å²) >= 11 is 6.16. The van der Waals surface area contributed by atoms with E-state index in [1.807, 2.05) is 18.2 Å². The van der Waals surface area contributed by atoms with Crippen molar-refractivity contribution in [2.75, 3.05) is 19.7 Å². The lowest BCUT2D eigenvalue weighted by atomic mass is 9.75. The molecule has 1 atom stereocenters. The zero-order valence-corrected chi connectivity index (χ0v) is 18.1. The fraction of sp³-hybridized carbons (Fsp3) is 0.333. The van der Waals surface area contributed by atoms with Crippen LogP contribution < -0.4 is 0 Å². The Morgan fingerprint density at radius 2 is 1.94 bits per heavy atom. The Morgan fingerprint density at radius 3 is 2.71 bits per heavy atom. The van der Waals surface area contributed by atoms with Crippen LogP contribution in [-0.4, -0.2) is 46.4 Å². The predicted octanol–water partition coefficient (Wildman–Crippen LogP) is 4.31. The number of esters is 1. The van der Waals surface area contributed by atoms with Gasteiger partial charge in [0.15, 0.2) is 0 Å². The predicted molar refractivity (Wildman–Crippen MR) is 119 cm³/mol. The minimum atomic E-state index is -0.800. The van der Waals surface area contributed by atoms with Gasteiger partial charge in [0.1, 0.15) is 0 Å². The summed E-state index contributed by atoms with van der Waals surface area (Å²) in [6, 6.07) is 12.8. The fourth-order valence-electron chi connectivity index (χ4n) is 4.29. The number of hydrogen-bond acceptors (Lipinski definition) is 5. The van der Waals surface area contributed by atoms with Crippen LogP contribution in [0, 0.1) is 5.41 Å². The van der Waals surface area contributed by atoms with E-state index >= 15 is 0 Å². The number of benzene rings is 2. The van der Waals surface area contributed by atoms with Crippen molar-refractivity contribution in [3.05, 3.63) is 71.0 Å². The van der Waals surface area contributed by atoms with E-state index in [1.165, 1.54) is 0 Å². The standard InChI is InChI=1S/C24H24ClN3O3/c1-2-31-23(30)24(15-17-5-3-6-19(25)13-17)9-4-12-28(16-24)22(29)18-7-8-20-21(14-18)27-11-10-26-20/h3,5-8,10-11,13-14H,2,4,9,12,15-16H2,1H3. The van der Waals surface area contributed by atoms with Crippen molar-refractivity contribution >= 4 is 34.5 Å². The van der Waals surface area contributed by atoms with E-state index in [1.54, 1.807) is 48.5 Å². The Kier molecular flexibility index (Phi) is 6.18. The van der Waals surface area contributed by atoms with Crippen molar-refractivity contribution in [1.82, 2.24) is 14.9 Å². The first-order chi connectivity index (χ1) is 15.0. The molecule has 1 aromatic heterocycles. The molecule has 0 spiro atoms. The molecule has 2 heterocycles. The van der Waals surface area contributed by atoms with E-state index in [-0.39, 0.29) is 11.9 Å². The van der Waals surface area contributed by atoms with Crippen LogP contribution >= 0.6 is 11.6 Å². The summed E-state index contributed by atoms with van der Waals surface area (Å²) in [6.07, 6.45) is 5.08. The molecule has 1 fully saturated rings. The second kappa shape index (κ2) is 9.02. The maximum atomic E-state index is 13.3. The molecule has 1 aliphatic rings. The summed E-state index contributed by atoms with van der Waals surface area (Å²) in [4.78, 5) is 36.7. The molecule has 1 aliphatic heterocycles. The summed E-state index contributed by atoms with van der Waals surface area (Å²) in [7, 11) is 0. The second-order valence-corrected chi connectivity index (χ2v) is 8.33. The summed E-state index contributed by atoms with van der Waals surface area (Å²) in [5.41, 5.74) is 2.09. The molecule has 1 saturated heterocycles. The Bertz CT molecular complexity index is 1120. The highest BCUT2D eigenvalue weighted by atomic mass is 35.5. The quantitative estimate of drug-likeness (QED) is 0.556. The van der Waals surface area contributed by atoms with Gasteiger partial charge in [-0.05, 0) is 62.1 Å². The molecule has 31 heavy (non-hydrogen) atoms. The molecule has 0 radical (unpaired) electrons. The van der Waals surface area contributed by atoms with Gasteiger partial charge in [-0.25, -0.2) is 0 Å². The maximum Gasteiger partial charge on any atom is 0.314 e. The van der Waals surface area contributed by atoms with Crippen molar-refractivity contribution < 1.29 is 14.3 Å². The topological polar surface area (TPSA) is 72.4 Å². The summed E-state index contributed by atoms with van der Waals surface area (Å²) in [5.74, 6) is -0.385. The van der Waals surface area contributed by atoms with Crippen LogP contribution in [0.1, 0.15) is 35.7 Å². The van der Waals surface area contributed by atoms with Crippen LogP contribution in [0.3, 0.4) is 0 Å². The Labute approximate surface area is 186 Å². The van der Waals surface area contributed by atoms with Crippen molar-refractivity contribution in [3.8, 4) is 0 Å². The molecule has 1 unspecified atom stereocenters. The number of carbonyl (C=O) groups is 2. The fourth-order valence-corrected chi connectivity index (χ4v) is 4.50. The van der Waals surface area contributed by atoms with E-state index in [9.17, 15) is 9.59 Å². The Morgan fingerprint density at radius 1 is 1.13 bits per heavy atom. The first-order valence-corrected chi connectivity index (χ1v) is 10.8. The van der Waals surface area contributed by atoms with E-state index in [0.717, 1.165) is 17.5 Å². The van der Waals surface area contributed by atoms with Gasteiger partial charge in [-0.2, -0.15) is 0 Å². The zero-order chi connectivity index (χ0) is 21.8. The first kappa shape index (κ1) is 21.2. The van der Waals surface area contributed by atoms with Gasteiger partial charge in [0.25, 0.3) is 5.91 Å². The molecule has 3 aromatic rings. The Balaban J connectivity index is 1.62. The summed E-state index contributed by atoms with van der Waals surface area (Å²) < 4.78 is 5.45. The number of nitrogens with zero attached hydrogens (tertiary/aromatic N) is 3. The van der Waals surface area contributed by atoms with E-state index in [4.69, 9.17) is 16.3 Å². The minimum absolute atomic E-state index is 0.118. The first-order valence-electron chi connectivity index (χ1n) is 10.4. The SMILES string of the molecule is CCOC(=O)C1(Cc2cccc(Cl)c2)CCCN(C(=O)c2ccc3nccnc3c2)C1. The average molecular weight is 438 g/mol. The van der Waals surface area contributed by atoms with Gasteiger partial charge >= 0.3 is 5.97 Å². The second-order valence-electron chi connectivity index (χ2n) is 7.90. The molecule has 4 rings (SSSR count). The monoisotopic (exact) mass is 437 g/mol. The average Bonchev–Trinajstić information content (AvgIpc) is 2.78.